The molecule has 0 atom stereocenters. The van der Waals surface area contributed by atoms with Gasteiger partial charge in [-0.15, -0.1) is 5.06 Å². The second kappa shape index (κ2) is 11.5. The lowest BCUT2D eigenvalue weighted by molar-refractivity contribution is -0.122. The standard InChI is InChI=1S/C22H35N5O6/c1-14-8-9-16(23)12-15(14)13-17(28)25-10-11-31-27(20(30)33-22(5,6)7)18(24)26-19(29)32-21(2,3)4/h8-9,12H,10-11,13,23H2,1-7H3,(H,25,28)(H2,24,26,29). The van der Waals surface area contributed by atoms with Crippen molar-refractivity contribution in [1.29, 1.82) is 5.41 Å². The van der Waals surface area contributed by atoms with Gasteiger partial charge >= 0.3 is 12.2 Å². The van der Waals surface area contributed by atoms with Gasteiger partial charge in [-0.05, 0) is 71.7 Å². The Balaban J connectivity index is 2.68. The number of ether oxygens (including phenoxy) is 2. The molecule has 0 aliphatic carbocycles. The minimum Gasteiger partial charge on any atom is -0.444 e. The van der Waals surface area contributed by atoms with Crippen LogP contribution in [0.25, 0.3) is 0 Å². The smallest absolute Gasteiger partial charge is 0.442 e. The van der Waals surface area contributed by atoms with Crippen molar-refractivity contribution in [3.8, 4) is 0 Å². The molecule has 11 nitrogen and oxygen atoms in total. The molecule has 184 valence electrons. The summed E-state index contributed by atoms with van der Waals surface area (Å²) in [5.41, 5.74) is 6.40. The Morgan fingerprint density at radius 1 is 1.06 bits per heavy atom. The molecule has 0 radical (unpaired) electrons. The monoisotopic (exact) mass is 465 g/mol. The van der Waals surface area contributed by atoms with Crippen LogP contribution in [-0.2, 0) is 25.5 Å². The van der Waals surface area contributed by atoms with E-state index in [1.807, 2.05) is 13.0 Å². The van der Waals surface area contributed by atoms with Crippen LogP contribution < -0.4 is 16.4 Å². The van der Waals surface area contributed by atoms with E-state index in [9.17, 15) is 14.4 Å². The van der Waals surface area contributed by atoms with Crippen molar-refractivity contribution in [3.05, 3.63) is 29.3 Å². The molecule has 5 N–H and O–H groups in total. The fraction of sp³-hybridized carbons (Fsp3) is 0.545. The number of nitrogens with zero attached hydrogens (tertiary/aromatic N) is 1. The van der Waals surface area contributed by atoms with Gasteiger partial charge in [0.15, 0.2) is 0 Å². The van der Waals surface area contributed by atoms with Crippen molar-refractivity contribution in [2.24, 2.45) is 0 Å². The molecule has 3 amide bonds. The van der Waals surface area contributed by atoms with E-state index in [1.54, 1.807) is 53.7 Å². The molecule has 0 spiro atoms. The van der Waals surface area contributed by atoms with E-state index in [0.29, 0.717) is 10.8 Å². The zero-order valence-corrected chi connectivity index (χ0v) is 20.3. The van der Waals surface area contributed by atoms with Crippen LogP contribution in [0.1, 0.15) is 52.7 Å². The molecule has 0 aromatic heterocycles. The zero-order chi connectivity index (χ0) is 25.4. The van der Waals surface area contributed by atoms with E-state index in [2.05, 4.69) is 10.6 Å². The Morgan fingerprint density at radius 2 is 1.67 bits per heavy atom. The summed E-state index contributed by atoms with van der Waals surface area (Å²) in [5, 5.41) is 13.3. The van der Waals surface area contributed by atoms with Gasteiger partial charge in [-0.2, -0.15) is 0 Å². The lowest BCUT2D eigenvalue weighted by atomic mass is 10.0. The number of guanidine groups is 1. The molecule has 11 heteroatoms. The predicted octanol–water partition coefficient (Wildman–Crippen LogP) is 2.86. The van der Waals surface area contributed by atoms with Crippen molar-refractivity contribution in [1.82, 2.24) is 15.7 Å². The van der Waals surface area contributed by atoms with Gasteiger partial charge in [-0.1, -0.05) is 6.07 Å². The minimum atomic E-state index is -1.01. The lowest BCUT2D eigenvalue weighted by Crippen LogP contribution is -2.50. The van der Waals surface area contributed by atoms with Gasteiger partial charge in [0.1, 0.15) is 11.2 Å². The average molecular weight is 466 g/mol. The van der Waals surface area contributed by atoms with Crippen LogP contribution >= 0.6 is 0 Å². The fourth-order valence-corrected chi connectivity index (χ4v) is 2.41. The van der Waals surface area contributed by atoms with E-state index < -0.39 is 29.3 Å². The molecular weight excluding hydrogens is 430 g/mol. The Bertz CT molecular complexity index is 873. The molecule has 0 unspecified atom stereocenters. The van der Waals surface area contributed by atoms with Gasteiger partial charge in [0, 0.05) is 12.2 Å². The number of hydrogen-bond donors (Lipinski definition) is 4. The number of anilines is 1. The fourth-order valence-electron chi connectivity index (χ4n) is 2.41. The topological polar surface area (TPSA) is 156 Å². The number of rotatable bonds is 6. The molecule has 0 saturated carbocycles. The van der Waals surface area contributed by atoms with Crippen LogP contribution in [0.4, 0.5) is 15.3 Å². The highest BCUT2D eigenvalue weighted by Crippen LogP contribution is 2.13. The number of carbonyl (C=O) groups is 3. The highest BCUT2D eigenvalue weighted by atomic mass is 16.7. The van der Waals surface area contributed by atoms with Crippen LogP contribution in [-0.4, -0.2) is 53.5 Å². The summed E-state index contributed by atoms with van der Waals surface area (Å²) in [7, 11) is 0. The lowest BCUT2D eigenvalue weighted by Gasteiger charge is -2.27. The van der Waals surface area contributed by atoms with Gasteiger partial charge in [-0.25, -0.2) is 9.59 Å². The molecule has 0 heterocycles. The van der Waals surface area contributed by atoms with Gasteiger partial charge in [-0.3, -0.25) is 20.4 Å². The van der Waals surface area contributed by atoms with Crippen LogP contribution in [0.2, 0.25) is 0 Å². The first kappa shape index (κ1) is 27.7. The van der Waals surface area contributed by atoms with Gasteiger partial charge in [0.2, 0.25) is 11.9 Å². The third-order valence-corrected chi connectivity index (χ3v) is 3.75. The quantitative estimate of drug-likeness (QED) is 0.165. The average Bonchev–Trinajstić information content (AvgIpc) is 2.61. The third kappa shape index (κ3) is 11.2. The normalized spacial score (nSPS) is 11.4. The summed E-state index contributed by atoms with van der Waals surface area (Å²) in [6.07, 6.45) is -1.82. The number of nitrogens with two attached hydrogens (primary N) is 1. The molecule has 0 saturated heterocycles. The number of nitrogens with one attached hydrogen (secondary N) is 3. The Hall–Kier alpha value is -3.34. The van der Waals surface area contributed by atoms with Gasteiger partial charge in [0.05, 0.1) is 13.0 Å². The summed E-state index contributed by atoms with van der Waals surface area (Å²) >= 11 is 0. The Labute approximate surface area is 194 Å². The third-order valence-electron chi connectivity index (χ3n) is 3.75. The summed E-state index contributed by atoms with van der Waals surface area (Å²) in [4.78, 5) is 41.9. The maximum atomic E-state index is 12.5. The van der Waals surface area contributed by atoms with E-state index in [1.165, 1.54) is 0 Å². The largest absolute Gasteiger partial charge is 0.444 e. The number of aryl methyl sites for hydroxylation is 1. The molecule has 1 rings (SSSR count). The first-order valence-corrected chi connectivity index (χ1v) is 10.4. The van der Waals surface area contributed by atoms with E-state index in [0.717, 1.165) is 11.1 Å². The summed E-state index contributed by atoms with van der Waals surface area (Å²) in [6, 6.07) is 5.33. The summed E-state index contributed by atoms with van der Waals surface area (Å²) < 4.78 is 10.3. The first-order valence-electron chi connectivity index (χ1n) is 10.4. The SMILES string of the molecule is Cc1ccc(N)cc1CC(=O)NCCON(C(=N)NC(=O)OC(C)(C)C)C(=O)OC(C)(C)C. The minimum absolute atomic E-state index is 0.0409. The second-order valence-electron chi connectivity index (χ2n) is 9.30. The van der Waals surface area contributed by atoms with Crippen molar-refractivity contribution in [2.75, 3.05) is 18.9 Å². The van der Waals surface area contributed by atoms with Crippen LogP contribution in [0.3, 0.4) is 0 Å². The van der Waals surface area contributed by atoms with Crippen LogP contribution in [0.15, 0.2) is 18.2 Å². The van der Waals surface area contributed by atoms with Gasteiger partial charge < -0.3 is 20.5 Å². The zero-order valence-electron chi connectivity index (χ0n) is 20.3. The highest BCUT2D eigenvalue weighted by Gasteiger charge is 2.28. The Kier molecular flexibility index (Phi) is 9.65. The van der Waals surface area contributed by atoms with Crippen LogP contribution in [0.5, 0.6) is 0 Å². The van der Waals surface area contributed by atoms with Crippen LogP contribution in [0, 0.1) is 12.3 Å². The van der Waals surface area contributed by atoms with Crippen molar-refractivity contribution >= 4 is 29.7 Å². The molecule has 0 bridgehead atoms. The number of hydroxylamine groups is 2. The van der Waals surface area contributed by atoms with Crippen molar-refractivity contribution in [2.45, 2.75) is 66.1 Å². The summed E-state index contributed by atoms with van der Waals surface area (Å²) in [5.74, 6) is -0.960. The van der Waals surface area contributed by atoms with Gasteiger partial charge in [0.25, 0.3) is 0 Å². The number of benzene rings is 1. The Morgan fingerprint density at radius 3 is 2.24 bits per heavy atom. The number of alkyl carbamates (subject to hydrolysis) is 1. The molecule has 1 aromatic rings. The van der Waals surface area contributed by atoms with E-state index in [-0.39, 0.29) is 25.5 Å². The number of amides is 3. The maximum Gasteiger partial charge on any atom is 0.442 e. The van der Waals surface area contributed by atoms with E-state index in [4.69, 9.17) is 25.5 Å². The molecule has 0 aliphatic heterocycles. The highest BCUT2D eigenvalue weighted by molar-refractivity contribution is 5.98. The number of nitrogen functional groups attached to an aromatic ring is 1. The van der Waals surface area contributed by atoms with Crippen molar-refractivity contribution < 1.29 is 28.7 Å². The molecule has 0 aliphatic rings. The number of carbonyl (C=O) groups excluding carboxylic acids is 3. The summed E-state index contributed by atoms with van der Waals surface area (Å²) in [6.45, 7) is 11.7. The maximum absolute atomic E-state index is 12.5. The molecule has 0 fully saturated rings. The second-order valence-corrected chi connectivity index (χ2v) is 9.30. The first-order chi connectivity index (χ1) is 15.1. The molecule has 33 heavy (non-hydrogen) atoms. The predicted molar refractivity (Wildman–Crippen MR) is 123 cm³/mol. The van der Waals surface area contributed by atoms with E-state index >= 15 is 0 Å². The molecular formula is C22H35N5O6. The number of hydrogen-bond acceptors (Lipinski definition) is 8. The van der Waals surface area contributed by atoms with Crippen molar-refractivity contribution in [3.63, 3.8) is 0 Å². The molecule has 1 aromatic carbocycles.